The third-order valence-corrected chi connectivity index (χ3v) is 3.81. The summed E-state index contributed by atoms with van der Waals surface area (Å²) in [5, 5.41) is 0. The fourth-order valence-electron chi connectivity index (χ4n) is 2.00. The zero-order chi connectivity index (χ0) is 17.6. The van der Waals surface area contributed by atoms with Gasteiger partial charge in [0.2, 0.25) is 5.88 Å². The van der Waals surface area contributed by atoms with E-state index in [0.29, 0.717) is 15.6 Å². The van der Waals surface area contributed by atoms with E-state index in [1.807, 2.05) is 0 Å². The minimum atomic E-state index is -0.546. The molecule has 5 nitrogen and oxygen atoms in total. The van der Waals surface area contributed by atoms with Gasteiger partial charge >= 0.3 is 11.9 Å². The number of nitrogens with zero attached hydrogens (tertiary/aromatic N) is 1. The van der Waals surface area contributed by atoms with Crippen molar-refractivity contribution in [2.24, 2.45) is 0 Å². The molecule has 0 fully saturated rings. The van der Waals surface area contributed by atoms with Crippen molar-refractivity contribution in [3.63, 3.8) is 0 Å². The van der Waals surface area contributed by atoms with Crippen molar-refractivity contribution in [2.45, 2.75) is 0 Å². The van der Waals surface area contributed by atoms with Gasteiger partial charge in [0.05, 0.1) is 15.6 Å². The quantitative estimate of drug-likeness (QED) is 0.614. The van der Waals surface area contributed by atoms with Gasteiger partial charge in [-0.3, -0.25) is 0 Å². The Labute approximate surface area is 152 Å². The zero-order valence-corrected chi connectivity index (χ0v) is 14.5. The minimum absolute atomic E-state index is 0.0351. The van der Waals surface area contributed by atoms with Gasteiger partial charge < -0.3 is 9.47 Å². The van der Waals surface area contributed by atoms with Crippen LogP contribution in [0.5, 0.6) is 11.6 Å². The molecule has 1 aromatic heterocycles. The summed E-state index contributed by atoms with van der Waals surface area (Å²) in [6.45, 7) is 0. The van der Waals surface area contributed by atoms with Gasteiger partial charge in [0.15, 0.2) is 5.75 Å². The topological polar surface area (TPSA) is 65.5 Å². The van der Waals surface area contributed by atoms with Crippen molar-refractivity contribution in [1.82, 2.24) is 4.98 Å². The second-order valence-electron chi connectivity index (χ2n) is 4.96. The van der Waals surface area contributed by atoms with Crippen LogP contribution in [-0.2, 0) is 0 Å². The van der Waals surface area contributed by atoms with Gasteiger partial charge in [-0.25, -0.2) is 14.6 Å². The van der Waals surface area contributed by atoms with Gasteiger partial charge in [0.1, 0.15) is 0 Å². The summed E-state index contributed by atoms with van der Waals surface area (Å²) in [7, 11) is 0. The molecule has 124 valence electrons. The Balaban J connectivity index is 1.76. The molecule has 0 bridgehead atoms. The number of ether oxygens (including phenoxy) is 2. The highest BCUT2D eigenvalue weighted by Gasteiger charge is 2.14. The molecule has 0 aliphatic carbocycles. The predicted molar refractivity (Wildman–Crippen MR) is 94.7 cm³/mol. The summed E-state index contributed by atoms with van der Waals surface area (Å²) >= 11 is 3.26. The van der Waals surface area contributed by atoms with Gasteiger partial charge in [-0.15, -0.1) is 0 Å². The average Bonchev–Trinajstić information content (AvgIpc) is 2.66. The molecule has 0 unspecified atom stereocenters. The van der Waals surface area contributed by atoms with Crippen molar-refractivity contribution in [3.05, 3.63) is 88.5 Å². The van der Waals surface area contributed by atoms with Crippen LogP contribution in [0.25, 0.3) is 0 Å². The molecule has 0 radical (unpaired) electrons. The molecule has 6 heteroatoms. The maximum Gasteiger partial charge on any atom is 0.344 e. The van der Waals surface area contributed by atoms with Gasteiger partial charge in [0, 0.05) is 12.3 Å². The van der Waals surface area contributed by atoms with E-state index in [9.17, 15) is 9.59 Å². The van der Waals surface area contributed by atoms with Crippen LogP contribution < -0.4 is 9.47 Å². The van der Waals surface area contributed by atoms with Gasteiger partial charge in [0.25, 0.3) is 0 Å². The predicted octanol–water partition coefficient (Wildman–Crippen LogP) is 4.28. The lowest BCUT2D eigenvalue weighted by Crippen LogP contribution is -2.11. The fourth-order valence-corrected chi connectivity index (χ4v) is 2.30. The Morgan fingerprint density at radius 3 is 1.88 bits per heavy atom. The molecular weight excluding hydrogens is 386 g/mol. The fraction of sp³-hybridized carbons (Fsp3) is 0. The Morgan fingerprint density at radius 2 is 1.32 bits per heavy atom. The lowest BCUT2D eigenvalue weighted by molar-refractivity contribution is 0.0726. The van der Waals surface area contributed by atoms with E-state index in [1.165, 1.54) is 12.3 Å². The van der Waals surface area contributed by atoms with E-state index in [-0.39, 0.29) is 11.6 Å². The van der Waals surface area contributed by atoms with E-state index in [2.05, 4.69) is 20.9 Å². The smallest absolute Gasteiger partial charge is 0.344 e. The van der Waals surface area contributed by atoms with Crippen LogP contribution in [0.1, 0.15) is 20.7 Å². The Hall–Kier alpha value is -2.99. The summed E-state index contributed by atoms with van der Waals surface area (Å²) in [6.07, 6.45) is 1.40. The molecule has 3 aromatic rings. The summed E-state index contributed by atoms with van der Waals surface area (Å²) in [4.78, 5) is 28.2. The first-order chi connectivity index (χ1) is 12.1. The molecule has 25 heavy (non-hydrogen) atoms. The largest absolute Gasteiger partial charge is 0.421 e. The molecule has 0 atom stereocenters. The summed E-state index contributed by atoms with van der Waals surface area (Å²) in [5.74, 6) is -0.823. The lowest BCUT2D eigenvalue weighted by atomic mass is 10.2. The lowest BCUT2D eigenvalue weighted by Gasteiger charge is -2.08. The third-order valence-electron chi connectivity index (χ3n) is 3.21. The SMILES string of the molecule is O=C(Oc1cc(OC(=O)c2ccccc2)c(Br)cn1)c1ccccc1. The van der Waals surface area contributed by atoms with Crippen LogP contribution in [0.2, 0.25) is 0 Å². The number of rotatable bonds is 4. The number of carbonyl (C=O) groups is 2. The molecule has 0 saturated carbocycles. The van der Waals surface area contributed by atoms with Gasteiger partial charge in [-0.05, 0) is 40.2 Å². The number of hydrogen-bond acceptors (Lipinski definition) is 5. The number of esters is 2. The van der Waals surface area contributed by atoms with E-state index >= 15 is 0 Å². The third kappa shape index (κ3) is 4.30. The van der Waals surface area contributed by atoms with Crippen molar-refractivity contribution in [3.8, 4) is 11.6 Å². The van der Waals surface area contributed by atoms with E-state index in [1.54, 1.807) is 60.7 Å². The van der Waals surface area contributed by atoms with Crippen LogP contribution in [0.3, 0.4) is 0 Å². The molecule has 0 spiro atoms. The maximum atomic E-state index is 12.2. The second kappa shape index (κ2) is 7.72. The van der Waals surface area contributed by atoms with Crippen molar-refractivity contribution in [2.75, 3.05) is 0 Å². The number of carbonyl (C=O) groups excluding carboxylic acids is 2. The number of aromatic nitrogens is 1. The molecule has 1 heterocycles. The zero-order valence-electron chi connectivity index (χ0n) is 12.9. The maximum absolute atomic E-state index is 12.2. The standard InChI is InChI=1S/C19H12BrNO4/c20-15-12-21-17(25-19(23)14-9-5-2-6-10-14)11-16(15)24-18(22)13-7-3-1-4-8-13/h1-12H. The van der Waals surface area contributed by atoms with Crippen LogP contribution in [0.15, 0.2) is 77.4 Å². The minimum Gasteiger partial charge on any atom is -0.421 e. The Bertz CT molecular complexity index is 898. The highest BCUT2D eigenvalue weighted by Crippen LogP contribution is 2.28. The Kier molecular flexibility index (Phi) is 5.20. The molecule has 2 aromatic carbocycles. The molecule has 3 rings (SSSR count). The normalized spacial score (nSPS) is 10.1. The van der Waals surface area contributed by atoms with Crippen molar-refractivity contribution >= 4 is 27.9 Å². The first-order valence-corrected chi connectivity index (χ1v) is 8.13. The first-order valence-electron chi connectivity index (χ1n) is 7.33. The number of hydrogen-bond donors (Lipinski definition) is 0. The van der Waals surface area contributed by atoms with E-state index in [4.69, 9.17) is 9.47 Å². The highest BCUT2D eigenvalue weighted by molar-refractivity contribution is 9.10. The monoisotopic (exact) mass is 397 g/mol. The molecule has 0 aliphatic rings. The second-order valence-corrected chi connectivity index (χ2v) is 5.82. The van der Waals surface area contributed by atoms with Gasteiger partial charge in [-0.2, -0.15) is 0 Å². The van der Waals surface area contributed by atoms with Crippen molar-refractivity contribution in [1.29, 1.82) is 0 Å². The van der Waals surface area contributed by atoms with Crippen molar-refractivity contribution < 1.29 is 19.1 Å². The molecular formula is C19H12BrNO4. The highest BCUT2D eigenvalue weighted by atomic mass is 79.9. The number of pyridine rings is 1. The summed E-state index contributed by atoms with van der Waals surface area (Å²) < 4.78 is 11.0. The average molecular weight is 398 g/mol. The van der Waals surface area contributed by atoms with Crippen LogP contribution in [0.4, 0.5) is 0 Å². The van der Waals surface area contributed by atoms with E-state index < -0.39 is 11.9 Å². The molecule has 0 saturated heterocycles. The van der Waals surface area contributed by atoms with Gasteiger partial charge in [-0.1, -0.05) is 36.4 Å². The number of benzene rings is 2. The van der Waals surface area contributed by atoms with Crippen LogP contribution in [0, 0.1) is 0 Å². The van der Waals surface area contributed by atoms with Crippen LogP contribution in [-0.4, -0.2) is 16.9 Å². The molecule has 0 N–H and O–H groups in total. The molecule has 0 amide bonds. The first kappa shape index (κ1) is 16.9. The Morgan fingerprint density at radius 1 is 0.800 bits per heavy atom. The number of halogens is 1. The van der Waals surface area contributed by atoms with Crippen LogP contribution >= 0.6 is 15.9 Å². The summed E-state index contributed by atoms with van der Waals surface area (Å²) in [5.41, 5.74) is 0.809. The van der Waals surface area contributed by atoms with E-state index in [0.717, 1.165) is 0 Å². The summed E-state index contributed by atoms with van der Waals surface area (Å²) in [6, 6.07) is 18.5. The molecule has 0 aliphatic heterocycles.